The summed E-state index contributed by atoms with van der Waals surface area (Å²) >= 11 is 0. The van der Waals surface area contributed by atoms with Gasteiger partial charge in [0.25, 0.3) is 0 Å². The predicted octanol–water partition coefficient (Wildman–Crippen LogP) is 1.23. The van der Waals surface area contributed by atoms with Gasteiger partial charge in [0, 0.05) is 17.8 Å². The van der Waals surface area contributed by atoms with Crippen molar-refractivity contribution in [1.29, 1.82) is 0 Å². The van der Waals surface area contributed by atoms with Crippen molar-refractivity contribution in [2.24, 2.45) is 5.73 Å². The third-order valence-electron chi connectivity index (χ3n) is 2.17. The predicted molar refractivity (Wildman–Crippen MR) is 54.8 cm³/mol. The van der Waals surface area contributed by atoms with E-state index < -0.39 is 0 Å². The monoisotopic (exact) mass is 195 g/mol. The fourth-order valence-electron chi connectivity index (χ4n) is 1.34. The molecule has 2 N–H and O–H groups in total. The van der Waals surface area contributed by atoms with Crippen LogP contribution in [0, 0.1) is 0 Å². The summed E-state index contributed by atoms with van der Waals surface area (Å²) < 4.78 is 1.82. The van der Waals surface area contributed by atoms with Gasteiger partial charge in [0.15, 0.2) is 0 Å². The highest BCUT2D eigenvalue weighted by atomic mass is 16.1. The lowest BCUT2D eigenvalue weighted by molar-refractivity contribution is -0.120. The van der Waals surface area contributed by atoms with Crippen molar-refractivity contribution < 1.29 is 4.79 Å². The van der Waals surface area contributed by atoms with Gasteiger partial charge < -0.3 is 10.3 Å². The molecule has 1 unspecified atom stereocenters. The molecule has 0 aromatic carbocycles. The Morgan fingerprint density at radius 2 is 2.14 bits per heavy atom. The van der Waals surface area contributed by atoms with Crippen LogP contribution in [0.15, 0.2) is 12.4 Å². The Balaban J connectivity index is 3.11. The van der Waals surface area contributed by atoms with Crippen LogP contribution in [0.4, 0.5) is 0 Å². The fraction of sp³-hybridized carbons (Fsp3) is 0.600. The SMILES string of the molecule is CC(C(N)=O)n1ccnc1C(C)(C)C. The van der Waals surface area contributed by atoms with Crippen LogP contribution in [0.3, 0.4) is 0 Å². The molecule has 0 aliphatic rings. The summed E-state index contributed by atoms with van der Waals surface area (Å²) in [4.78, 5) is 15.3. The zero-order chi connectivity index (χ0) is 10.9. The lowest BCUT2D eigenvalue weighted by Gasteiger charge is -2.22. The molecule has 4 nitrogen and oxygen atoms in total. The third kappa shape index (κ3) is 1.95. The van der Waals surface area contributed by atoms with E-state index >= 15 is 0 Å². The first kappa shape index (κ1) is 10.8. The highest BCUT2D eigenvalue weighted by molar-refractivity contribution is 5.78. The van der Waals surface area contributed by atoms with Gasteiger partial charge in [0.1, 0.15) is 11.9 Å². The zero-order valence-electron chi connectivity index (χ0n) is 9.11. The van der Waals surface area contributed by atoms with Gasteiger partial charge in [-0.3, -0.25) is 4.79 Å². The molecule has 1 amide bonds. The first-order chi connectivity index (χ1) is 6.34. The summed E-state index contributed by atoms with van der Waals surface area (Å²) in [5.41, 5.74) is 5.18. The third-order valence-corrected chi connectivity index (χ3v) is 2.17. The molecular weight excluding hydrogens is 178 g/mol. The summed E-state index contributed by atoms with van der Waals surface area (Å²) in [5.74, 6) is 0.539. The number of primary amides is 1. The second kappa shape index (κ2) is 3.44. The van der Waals surface area contributed by atoms with Crippen LogP contribution in [0.5, 0.6) is 0 Å². The second-order valence-electron chi connectivity index (χ2n) is 4.49. The zero-order valence-corrected chi connectivity index (χ0v) is 9.11. The Kier molecular flexibility index (Phi) is 2.64. The van der Waals surface area contributed by atoms with Crippen LogP contribution in [0.25, 0.3) is 0 Å². The topological polar surface area (TPSA) is 60.9 Å². The van der Waals surface area contributed by atoms with Crippen LogP contribution in [-0.4, -0.2) is 15.5 Å². The lowest BCUT2D eigenvalue weighted by Crippen LogP contribution is -2.28. The summed E-state index contributed by atoms with van der Waals surface area (Å²) in [6, 6.07) is -0.341. The Labute approximate surface area is 84.1 Å². The fourth-order valence-corrected chi connectivity index (χ4v) is 1.34. The molecule has 14 heavy (non-hydrogen) atoms. The van der Waals surface area contributed by atoms with Gasteiger partial charge >= 0.3 is 0 Å². The van der Waals surface area contributed by atoms with Crippen molar-refractivity contribution in [2.45, 2.75) is 39.2 Å². The summed E-state index contributed by atoms with van der Waals surface area (Å²) in [7, 11) is 0. The van der Waals surface area contributed by atoms with E-state index in [1.807, 2.05) is 4.57 Å². The number of aromatic nitrogens is 2. The van der Waals surface area contributed by atoms with Gasteiger partial charge in [-0.1, -0.05) is 20.8 Å². The van der Waals surface area contributed by atoms with Gasteiger partial charge in [-0.25, -0.2) is 4.98 Å². The minimum absolute atomic E-state index is 0.0762. The standard InChI is InChI=1S/C10H17N3O/c1-7(8(11)14)13-6-5-12-9(13)10(2,3)4/h5-7H,1-4H3,(H2,11,14). The molecule has 78 valence electrons. The molecule has 0 radical (unpaired) electrons. The molecule has 1 aromatic heterocycles. The van der Waals surface area contributed by atoms with Gasteiger partial charge in [-0.2, -0.15) is 0 Å². The van der Waals surface area contributed by atoms with Crippen LogP contribution in [-0.2, 0) is 10.2 Å². The van der Waals surface area contributed by atoms with Crippen molar-refractivity contribution in [3.63, 3.8) is 0 Å². The summed E-state index contributed by atoms with van der Waals surface area (Å²) in [6.45, 7) is 7.94. The van der Waals surface area contributed by atoms with Crippen molar-refractivity contribution >= 4 is 5.91 Å². The number of carbonyl (C=O) groups is 1. The Hall–Kier alpha value is -1.32. The number of nitrogens with two attached hydrogens (primary N) is 1. The van der Waals surface area contributed by atoms with E-state index in [0.29, 0.717) is 0 Å². The van der Waals surface area contributed by atoms with E-state index in [9.17, 15) is 4.79 Å². The molecule has 0 aliphatic carbocycles. The number of hydrogen-bond acceptors (Lipinski definition) is 2. The number of carbonyl (C=O) groups excluding carboxylic acids is 1. The van der Waals surface area contributed by atoms with Crippen molar-refractivity contribution in [2.75, 3.05) is 0 Å². The summed E-state index contributed by atoms with van der Waals surface area (Å²) in [5, 5.41) is 0. The van der Waals surface area contributed by atoms with Crippen LogP contribution >= 0.6 is 0 Å². The van der Waals surface area contributed by atoms with Gasteiger partial charge in [0.05, 0.1) is 0 Å². The van der Waals surface area contributed by atoms with Gasteiger partial charge in [-0.15, -0.1) is 0 Å². The first-order valence-electron chi connectivity index (χ1n) is 4.66. The van der Waals surface area contributed by atoms with E-state index in [2.05, 4.69) is 25.8 Å². The average molecular weight is 195 g/mol. The molecule has 0 spiro atoms. The van der Waals surface area contributed by atoms with Gasteiger partial charge in [0.2, 0.25) is 5.91 Å². The molecule has 0 aliphatic heterocycles. The van der Waals surface area contributed by atoms with Crippen molar-refractivity contribution in [3.8, 4) is 0 Å². The Morgan fingerprint density at radius 3 is 2.57 bits per heavy atom. The molecule has 1 heterocycles. The maximum Gasteiger partial charge on any atom is 0.240 e. The summed E-state index contributed by atoms with van der Waals surface area (Å²) in [6.07, 6.45) is 3.48. The lowest BCUT2D eigenvalue weighted by atomic mass is 9.95. The minimum atomic E-state index is -0.341. The molecule has 1 aromatic rings. The normalized spacial score (nSPS) is 14.0. The molecule has 1 rings (SSSR count). The molecule has 4 heteroatoms. The highest BCUT2D eigenvalue weighted by Gasteiger charge is 2.23. The molecule has 0 fully saturated rings. The number of hydrogen-bond donors (Lipinski definition) is 1. The quantitative estimate of drug-likeness (QED) is 0.771. The Bertz CT molecular complexity index is 335. The van der Waals surface area contributed by atoms with Gasteiger partial charge in [-0.05, 0) is 6.92 Å². The molecule has 0 saturated heterocycles. The molecule has 1 atom stereocenters. The van der Waals surface area contributed by atoms with E-state index in [-0.39, 0.29) is 17.4 Å². The first-order valence-corrected chi connectivity index (χ1v) is 4.66. The maximum absolute atomic E-state index is 11.1. The number of amides is 1. The van der Waals surface area contributed by atoms with E-state index in [1.54, 1.807) is 19.3 Å². The van der Waals surface area contributed by atoms with E-state index in [0.717, 1.165) is 5.82 Å². The molecular formula is C10H17N3O. The maximum atomic E-state index is 11.1. The van der Waals surface area contributed by atoms with E-state index in [4.69, 9.17) is 5.73 Å². The van der Waals surface area contributed by atoms with Crippen LogP contribution in [0.2, 0.25) is 0 Å². The molecule has 0 saturated carbocycles. The highest BCUT2D eigenvalue weighted by Crippen LogP contribution is 2.22. The van der Waals surface area contributed by atoms with Crippen molar-refractivity contribution in [3.05, 3.63) is 18.2 Å². The average Bonchev–Trinajstić information content (AvgIpc) is 2.48. The number of rotatable bonds is 2. The molecule has 0 bridgehead atoms. The Morgan fingerprint density at radius 1 is 1.57 bits per heavy atom. The largest absolute Gasteiger partial charge is 0.368 e. The van der Waals surface area contributed by atoms with Crippen LogP contribution < -0.4 is 5.73 Å². The second-order valence-corrected chi connectivity index (χ2v) is 4.49. The van der Waals surface area contributed by atoms with Crippen molar-refractivity contribution in [1.82, 2.24) is 9.55 Å². The minimum Gasteiger partial charge on any atom is -0.368 e. The number of nitrogens with zero attached hydrogens (tertiary/aromatic N) is 2. The van der Waals surface area contributed by atoms with Crippen LogP contribution in [0.1, 0.15) is 39.6 Å². The number of imidazole rings is 1. The smallest absolute Gasteiger partial charge is 0.240 e. The van der Waals surface area contributed by atoms with E-state index in [1.165, 1.54) is 0 Å².